The topological polar surface area (TPSA) is 73.5 Å². The molecule has 17 heavy (non-hydrogen) atoms. The second-order valence-corrected chi connectivity index (χ2v) is 3.94. The fourth-order valence-corrected chi connectivity index (χ4v) is 1.72. The molecule has 0 aromatic carbocycles. The molecule has 6 nitrogen and oxygen atoms in total. The van der Waals surface area contributed by atoms with Crippen LogP contribution in [0.2, 0.25) is 0 Å². The summed E-state index contributed by atoms with van der Waals surface area (Å²) in [6, 6.07) is 1.63. The van der Waals surface area contributed by atoms with Crippen molar-refractivity contribution >= 4 is 5.82 Å². The van der Waals surface area contributed by atoms with E-state index in [0.29, 0.717) is 18.3 Å². The largest absolute Gasteiger partial charge is 0.477 e. The number of anilines is 1. The van der Waals surface area contributed by atoms with Gasteiger partial charge in [-0.05, 0) is 6.42 Å². The zero-order valence-electron chi connectivity index (χ0n) is 9.84. The summed E-state index contributed by atoms with van der Waals surface area (Å²) >= 11 is 0. The molecule has 0 saturated carbocycles. The molecule has 0 aliphatic carbocycles. The second-order valence-electron chi connectivity index (χ2n) is 3.94. The van der Waals surface area contributed by atoms with Gasteiger partial charge in [0.1, 0.15) is 12.1 Å². The third-order valence-electron chi connectivity index (χ3n) is 2.64. The molecule has 1 aliphatic rings. The van der Waals surface area contributed by atoms with Crippen molar-refractivity contribution in [3.63, 3.8) is 0 Å². The van der Waals surface area contributed by atoms with Crippen LogP contribution in [0.5, 0.6) is 5.88 Å². The van der Waals surface area contributed by atoms with Crippen molar-refractivity contribution in [2.75, 3.05) is 45.2 Å². The van der Waals surface area contributed by atoms with Gasteiger partial charge in [0.15, 0.2) is 0 Å². The van der Waals surface area contributed by atoms with Crippen LogP contribution in [-0.4, -0.2) is 54.3 Å². The van der Waals surface area contributed by atoms with E-state index >= 15 is 0 Å². The molecule has 0 radical (unpaired) electrons. The molecular formula is C11H18N4O2. The molecule has 0 unspecified atom stereocenters. The van der Waals surface area contributed by atoms with Crippen molar-refractivity contribution in [3.05, 3.63) is 12.4 Å². The molecule has 2 rings (SSSR count). The summed E-state index contributed by atoms with van der Waals surface area (Å²) in [5.74, 6) is 0.975. The molecule has 1 aliphatic heterocycles. The van der Waals surface area contributed by atoms with Gasteiger partial charge in [-0.15, -0.1) is 0 Å². The average molecular weight is 238 g/mol. The van der Waals surface area contributed by atoms with Gasteiger partial charge in [0.05, 0.1) is 19.8 Å². The summed E-state index contributed by atoms with van der Waals surface area (Å²) in [7, 11) is 0. The quantitative estimate of drug-likeness (QED) is 0.737. The van der Waals surface area contributed by atoms with Crippen molar-refractivity contribution in [1.29, 1.82) is 0 Å². The molecule has 1 fully saturated rings. The van der Waals surface area contributed by atoms with Gasteiger partial charge in [-0.25, -0.2) is 9.97 Å². The number of hydrogen-bond acceptors (Lipinski definition) is 6. The van der Waals surface area contributed by atoms with Crippen molar-refractivity contribution in [1.82, 2.24) is 14.9 Å². The van der Waals surface area contributed by atoms with Crippen LogP contribution in [-0.2, 0) is 4.74 Å². The number of hydrogen-bond donors (Lipinski definition) is 1. The number of rotatable bonds is 5. The van der Waals surface area contributed by atoms with E-state index in [0.717, 1.165) is 39.3 Å². The molecule has 6 heteroatoms. The van der Waals surface area contributed by atoms with Crippen LogP contribution in [0.4, 0.5) is 5.82 Å². The Kier molecular flexibility index (Phi) is 4.52. The Balaban J connectivity index is 1.62. The lowest BCUT2D eigenvalue weighted by Crippen LogP contribution is -2.37. The minimum Gasteiger partial charge on any atom is -0.477 e. The minimum absolute atomic E-state index is 0.433. The maximum atomic E-state index is 5.53. The van der Waals surface area contributed by atoms with E-state index in [1.165, 1.54) is 6.33 Å². The molecule has 2 heterocycles. The molecule has 0 spiro atoms. The van der Waals surface area contributed by atoms with Gasteiger partial charge >= 0.3 is 0 Å². The second kappa shape index (κ2) is 6.36. The lowest BCUT2D eigenvalue weighted by molar-refractivity contribution is 0.0357. The zero-order valence-corrected chi connectivity index (χ0v) is 9.84. The maximum Gasteiger partial charge on any atom is 0.218 e. The Labute approximate surface area is 101 Å². The summed E-state index contributed by atoms with van der Waals surface area (Å²) in [6.45, 7) is 5.38. The van der Waals surface area contributed by atoms with E-state index in [1.54, 1.807) is 6.07 Å². The summed E-state index contributed by atoms with van der Waals surface area (Å²) in [6.07, 6.45) is 2.39. The van der Waals surface area contributed by atoms with Gasteiger partial charge in [0.2, 0.25) is 5.88 Å². The zero-order chi connectivity index (χ0) is 11.9. The van der Waals surface area contributed by atoms with Gasteiger partial charge in [0.25, 0.3) is 0 Å². The third-order valence-corrected chi connectivity index (χ3v) is 2.64. The van der Waals surface area contributed by atoms with E-state index in [2.05, 4.69) is 14.9 Å². The number of aromatic nitrogens is 2. The molecule has 1 aromatic heterocycles. The molecule has 0 atom stereocenters. The Morgan fingerprint density at radius 2 is 2.18 bits per heavy atom. The van der Waals surface area contributed by atoms with Gasteiger partial charge in [-0.1, -0.05) is 0 Å². The molecular weight excluding hydrogens is 220 g/mol. The van der Waals surface area contributed by atoms with E-state index in [1.807, 2.05) is 0 Å². The highest BCUT2D eigenvalue weighted by molar-refractivity contribution is 5.30. The summed E-state index contributed by atoms with van der Waals surface area (Å²) in [5, 5.41) is 0. The lowest BCUT2D eigenvalue weighted by atomic mass is 10.3. The highest BCUT2D eigenvalue weighted by Gasteiger charge is 2.09. The Hall–Kier alpha value is -1.40. The first-order valence-corrected chi connectivity index (χ1v) is 5.85. The third kappa shape index (κ3) is 4.16. The van der Waals surface area contributed by atoms with E-state index in [9.17, 15) is 0 Å². The van der Waals surface area contributed by atoms with Crippen LogP contribution < -0.4 is 10.5 Å². The number of ether oxygens (including phenoxy) is 2. The summed E-state index contributed by atoms with van der Waals surface area (Å²) in [5.41, 5.74) is 5.53. The maximum absolute atomic E-state index is 5.53. The number of morpholine rings is 1. The first kappa shape index (κ1) is 12.1. The van der Waals surface area contributed by atoms with Crippen LogP contribution >= 0.6 is 0 Å². The van der Waals surface area contributed by atoms with Crippen LogP contribution in [0.3, 0.4) is 0 Å². The summed E-state index contributed by atoms with van der Waals surface area (Å²) in [4.78, 5) is 10.2. The number of nitrogen functional groups attached to an aromatic ring is 1. The van der Waals surface area contributed by atoms with Crippen molar-refractivity contribution in [2.24, 2.45) is 0 Å². The number of nitrogens with zero attached hydrogens (tertiary/aromatic N) is 3. The Morgan fingerprint density at radius 3 is 2.94 bits per heavy atom. The number of nitrogens with two attached hydrogens (primary N) is 1. The van der Waals surface area contributed by atoms with Crippen LogP contribution in [0.15, 0.2) is 12.4 Å². The molecule has 94 valence electrons. The first-order chi connectivity index (χ1) is 8.34. The van der Waals surface area contributed by atoms with Gasteiger partial charge in [0, 0.05) is 25.7 Å². The molecule has 0 bridgehead atoms. The first-order valence-electron chi connectivity index (χ1n) is 5.85. The van der Waals surface area contributed by atoms with Crippen molar-refractivity contribution in [3.8, 4) is 5.88 Å². The standard InChI is InChI=1S/C11H18N4O2/c12-10-8-11(14-9-13-10)17-5-1-2-15-3-6-16-7-4-15/h8-9H,1-7H2,(H2,12,13,14). The van der Waals surface area contributed by atoms with E-state index < -0.39 is 0 Å². The normalized spacial score (nSPS) is 16.9. The van der Waals surface area contributed by atoms with Crippen LogP contribution in [0.1, 0.15) is 6.42 Å². The molecule has 2 N–H and O–H groups in total. The Bertz CT molecular complexity index is 342. The van der Waals surface area contributed by atoms with Gasteiger partial charge < -0.3 is 15.2 Å². The fraction of sp³-hybridized carbons (Fsp3) is 0.636. The van der Waals surface area contributed by atoms with Crippen molar-refractivity contribution in [2.45, 2.75) is 6.42 Å². The van der Waals surface area contributed by atoms with E-state index in [4.69, 9.17) is 15.2 Å². The molecule has 1 saturated heterocycles. The van der Waals surface area contributed by atoms with Crippen LogP contribution in [0.25, 0.3) is 0 Å². The average Bonchev–Trinajstić information content (AvgIpc) is 2.36. The lowest BCUT2D eigenvalue weighted by Gasteiger charge is -2.26. The smallest absolute Gasteiger partial charge is 0.218 e. The fourth-order valence-electron chi connectivity index (χ4n) is 1.72. The SMILES string of the molecule is Nc1cc(OCCCN2CCOCC2)ncn1. The van der Waals surface area contributed by atoms with Crippen molar-refractivity contribution < 1.29 is 9.47 Å². The van der Waals surface area contributed by atoms with Gasteiger partial charge in [-0.2, -0.15) is 0 Å². The summed E-state index contributed by atoms with van der Waals surface area (Å²) < 4.78 is 10.8. The minimum atomic E-state index is 0.433. The molecule has 0 amide bonds. The highest BCUT2D eigenvalue weighted by Crippen LogP contribution is 2.08. The molecule has 1 aromatic rings. The van der Waals surface area contributed by atoms with Gasteiger partial charge in [-0.3, -0.25) is 4.90 Å². The predicted molar refractivity (Wildman–Crippen MR) is 63.8 cm³/mol. The van der Waals surface area contributed by atoms with E-state index in [-0.39, 0.29) is 0 Å². The Morgan fingerprint density at radius 1 is 1.35 bits per heavy atom. The monoisotopic (exact) mass is 238 g/mol. The highest BCUT2D eigenvalue weighted by atomic mass is 16.5. The van der Waals surface area contributed by atoms with Crippen LogP contribution in [0, 0.1) is 0 Å². The predicted octanol–water partition coefficient (Wildman–Crippen LogP) is 0.160.